The summed E-state index contributed by atoms with van der Waals surface area (Å²) in [5.74, 6) is -0.523. The molecule has 1 N–H and O–H groups in total. The lowest BCUT2D eigenvalue weighted by Crippen LogP contribution is -1.98. The molecule has 0 spiro atoms. The third-order valence-corrected chi connectivity index (χ3v) is 3.55. The van der Waals surface area contributed by atoms with E-state index in [-0.39, 0.29) is 12.0 Å². The van der Waals surface area contributed by atoms with Crippen LogP contribution in [0.4, 0.5) is 8.78 Å². The van der Waals surface area contributed by atoms with Crippen molar-refractivity contribution in [2.24, 2.45) is 0 Å². The average Bonchev–Trinajstić information content (AvgIpc) is 2.76. The molecule has 20 heavy (non-hydrogen) atoms. The van der Waals surface area contributed by atoms with Crippen molar-refractivity contribution >= 4 is 11.0 Å². The van der Waals surface area contributed by atoms with Crippen molar-refractivity contribution in [3.05, 3.63) is 64.5 Å². The van der Waals surface area contributed by atoms with Crippen LogP contribution in [0.3, 0.4) is 0 Å². The maximum atomic E-state index is 13.6. The first-order chi connectivity index (χ1) is 9.54. The van der Waals surface area contributed by atoms with Crippen molar-refractivity contribution in [2.45, 2.75) is 20.3 Å². The quantitative estimate of drug-likeness (QED) is 0.749. The van der Waals surface area contributed by atoms with Gasteiger partial charge in [-0.2, -0.15) is 0 Å². The Bertz CT molecular complexity index is 731. The molecule has 1 heterocycles. The first kappa shape index (κ1) is 12.8. The van der Waals surface area contributed by atoms with Crippen LogP contribution in [-0.2, 0) is 6.42 Å². The highest BCUT2D eigenvalue weighted by Crippen LogP contribution is 2.20. The molecule has 1 aromatic heterocycles. The molecule has 0 bridgehead atoms. The summed E-state index contributed by atoms with van der Waals surface area (Å²) in [5, 5.41) is 0. The van der Waals surface area contributed by atoms with E-state index in [9.17, 15) is 8.78 Å². The number of imidazole rings is 1. The number of aryl methyl sites for hydroxylation is 2. The average molecular weight is 272 g/mol. The molecule has 0 atom stereocenters. The van der Waals surface area contributed by atoms with Gasteiger partial charge < -0.3 is 4.98 Å². The smallest absolute Gasteiger partial charge is 0.129 e. The summed E-state index contributed by atoms with van der Waals surface area (Å²) in [6.07, 6.45) is 0.116. The Morgan fingerprint density at radius 3 is 2.40 bits per heavy atom. The van der Waals surface area contributed by atoms with Crippen molar-refractivity contribution in [2.75, 3.05) is 0 Å². The predicted octanol–water partition coefficient (Wildman–Crippen LogP) is 4.05. The van der Waals surface area contributed by atoms with E-state index in [2.05, 4.69) is 9.97 Å². The van der Waals surface area contributed by atoms with Gasteiger partial charge in [0.15, 0.2) is 0 Å². The lowest BCUT2D eigenvalue weighted by Gasteiger charge is -2.01. The van der Waals surface area contributed by atoms with E-state index in [1.807, 2.05) is 26.0 Å². The molecule has 102 valence electrons. The molecule has 2 aromatic carbocycles. The summed E-state index contributed by atoms with van der Waals surface area (Å²) in [6, 6.07) is 7.85. The standard InChI is InChI=1S/C16H14F2N2/c1-9-6-14-15(7-10(9)2)20-16(19-14)8-11-12(17)4-3-5-13(11)18/h3-7H,8H2,1-2H3,(H,19,20). The zero-order valence-electron chi connectivity index (χ0n) is 11.3. The number of aromatic nitrogens is 2. The molecule has 2 nitrogen and oxygen atoms in total. The van der Waals surface area contributed by atoms with Crippen molar-refractivity contribution in [1.82, 2.24) is 9.97 Å². The number of hydrogen-bond acceptors (Lipinski definition) is 1. The third-order valence-electron chi connectivity index (χ3n) is 3.55. The highest BCUT2D eigenvalue weighted by Gasteiger charge is 2.12. The maximum absolute atomic E-state index is 13.6. The molecule has 0 radical (unpaired) electrons. The Morgan fingerprint density at radius 2 is 1.70 bits per heavy atom. The molecular formula is C16H14F2N2. The van der Waals surface area contributed by atoms with Gasteiger partial charge in [0.05, 0.1) is 11.0 Å². The van der Waals surface area contributed by atoms with Gasteiger partial charge in [-0.1, -0.05) is 6.07 Å². The van der Waals surface area contributed by atoms with E-state index in [4.69, 9.17) is 0 Å². The summed E-state index contributed by atoms with van der Waals surface area (Å²) in [7, 11) is 0. The second kappa shape index (κ2) is 4.71. The molecule has 3 rings (SSSR count). The number of halogens is 2. The van der Waals surface area contributed by atoms with Gasteiger partial charge in [-0.15, -0.1) is 0 Å². The summed E-state index contributed by atoms with van der Waals surface area (Å²) < 4.78 is 27.3. The zero-order valence-corrected chi connectivity index (χ0v) is 11.3. The molecule has 0 aliphatic carbocycles. The molecule has 0 amide bonds. The van der Waals surface area contributed by atoms with Crippen LogP contribution in [0.5, 0.6) is 0 Å². The Kier molecular flexibility index (Phi) is 3.01. The van der Waals surface area contributed by atoms with Crippen LogP contribution in [0.25, 0.3) is 11.0 Å². The molecule has 0 unspecified atom stereocenters. The maximum Gasteiger partial charge on any atom is 0.129 e. The van der Waals surface area contributed by atoms with Crippen LogP contribution in [0.1, 0.15) is 22.5 Å². The van der Waals surface area contributed by atoms with Crippen molar-refractivity contribution in [1.29, 1.82) is 0 Å². The summed E-state index contributed by atoms with van der Waals surface area (Å²) >= 11 is 0. The first-order valence-corrected chi connectivity index (χ1v) is 6.43. The van der Waals surface area contributed by atoms with Crippen LogP contribution in [0, 0.1) is 25.5 Å². The van der Waals surface area contributed by atoms with Gasteiger partial charge in [0.1, 0.15) is 17.5 Å². The fourth-order valence-electron chi connectivity index (χ4n) is 2.27. The number of fused-ring (bicyclic) bond motifs is 1. The molecule has 3 aromatic rings. The molecule has 0 aliphatic heterocycles. The zero-order chi connectivity index (χ0) is 14.3. The molecule has 4 heteroatoms. The topological polar surface area (TPSA) is 28.7 Å². The minimum atomic E-state index is -0.544. The minimum absolute atomic E-state index is 0.0417. The molecule has 0 saturated carbocycles. The van der Waals surface area contributed by atoms with Crippen molar-refractivity contribution < 1.29 is 8.78 Å². The largest absolute Gasteiger partial charge is 0.342 e. The first-order valence-electron chi connectivity index (χ1n) is 6.43. The fraction of sp³-hybridized carbons (Fsp3) is 0.188. The summed E-state index contributed by atoms with van der Waals surface area (Å²) in [5.41, 5.74) is 4.05. The second-order valence-corrected chi connectivity index (χ2v) is 5.01. The van der Waals surface area contributed by atoms with Gasteiger partial charge in [-0.3, -0.25) is 0 Å². The number of rotatable bonds is 2. The number of aromatic amines is 1. The number of H-pyrrole nitrogens is 1. The van der Waals surface area contributed by atoms with Crippen LogP contribution >= 0.6 is 0 Å². The second-order valence-electron chi connectivity index (χ2n) is 5.01. The van der Waals surface area contributed by atoms with Gasteiger partial charge in [-0.05, 0) is 49.2 Å². The van der Waals surface area contributed by atoms with E-state index in [1.165, 1.54) is 18.2 Å². The van der Waals surface area contributed by atoms with Crippen molar-refractivity contribution in [3.63, 3.8) is 0 Å². The Morgan fingerprint density at radius 1 is 1.05 bits per heavy atom. The summed E-state index contributed by atoms with van der Waals surface area (Å²) in [6.45, 7) is 4.03. The van der Waals surface area contributed by atoms with Crippen LogP contribution in [0.15, 0.2) is 30.3 Å². The number of hydrogen-bond donors (Lipinski definition) is 1. The SMILES string of the molecule is Cc1cc2nc(Cc3c(F)cccc3F)[nH]c2cc1C. The Balaban J connectivity index is 2.03. The highest BCUT2D eigenvalue weighted by atomic mass is 19.1. The van der Waals surface area contributed by atoms with Crippen LogP contribution in [0.2, 0.25) is 0 Å². The molecule has 0 aliphatic rings. The Hall–Kier alpha value is -2.23. The van der Waals surface area contributed by atoms with Gasteiger partial charge >= 0.3 is 0 Å². The van der Waals surface area contributed by atoms with E-state index in [0.29, 0.717) is 5.82 Å². The highest BCUT2D eigenvalue weighted by molar-refractivity contribution is 5.77. The number of nitrogens with zero attached hydrogens (tertiary/aromatic N) is 1. The predicted molar refractivity (Wildman–Crippen MR) is 74.7 cm³/mol. The monoisotopic (exact) mass is 272 g/mol. The van der Waals surface area contributed by atoms with E-state index < -0.39 is 11.6 Å². The lowest BCUT2D eigenvalue weighted by molar-refractivity contribution is 0.559. The van der Waals surface area contributed by atoms with E-state index >= 15 is 0 Å². The molecular weight excluding hydrogens is 258 g/mol. The van der Waals surface area contributed by atoms with Crippen LogP contribution < -0.4 is 0 Å². The molecule has 0 fully saturated rings. The van der Waals surface area contributed by atoms with Gasteiger partial charge in [0, 0.05) is 12.0 Å². The fourth-order valence-corrected chi connectivity index (χ4v) is 2.27. The van der Waals surface area contributed by atoms with Crippen molar-refractivity contribution in [3.8, 4) is 0 Å². The van der Waals surface area contributed by atoms with Gasteiger partial charge in [0.25, 0.3) is 0 Å². The number of benzene rings is 2. The number of nitrogens with one attached hydrogen (secondary N) is 1. The van der Waals surface area contributed by atoms with Gasteiger partial charge in [0.2, 0.25) is 0 Å². The Labute approximate surface area is 115 Å². The minimum Gasteiger partial charge on any atom is -0.342 e. The normalized spacial score (nSPS) is 11.2. The lowest BCUT2D eigenvalue weighted by atomic mass is 10.1. The molecule has 0 saturated heterocycles. The van der Waals surface area contributed by atoms with Gasteiger partial charge in [-0.25, -0.2) is 13.8 Å². The van der Waals surface area contributed by atoms with E-state index in [0.717, 1.165) is 22.2 Å². The van der Waals surface area contributed by atoms with Crippen LogP contribution in [-0.4, -0.2) is 9.97 Å². The summed E-state index contributed by atoms with van der Waals surface area (Å²) in [4.78, 5) is 7.53. The van der Waals surface area contributed by atoms with E-state index in [1.54, 1.807) is 0 Å². The third kappa shape index (κ3) is 2.18.